The Kier molecular flexibility index (Phi) is 4.98. The van der Waals surface area contributed by atoms with Crippen molar-refractivity contribution in [2.45, 2.75) is 33.6 Å². The van der Waals surface area contributed by atoms with E-state index in [0.717, 1.165) is 12.1 Å². The zero-order valence-corrected chi connectivity index (χ0v) is 17.4. The van der Waals surface area contributed by atoms with E-state index in [2.05, 4.69) is 18.8 Å². The smallest absolute Gasteiger partial charge is 0.281 e. The second-order valence-corrected chi connectivity index (χ2v) is 10.5. The topological polar surface area (TPSA) is 93.8 Å². The third-order valence-electron chi connectivity index (χ3n) is 5.43. The van der Waals surface area contributed by atoms with E-state index in [0.29, 0.717) is 36.3 Å². The van der Waals surface area contributed by atoms with Crippen LogP contribution in [0.1, 0.15) is 52.4 Å². The molecular formula is C18H28N4O4S. The lowest BCUT2D eigenvalue weighted by Crippen LogP contribution is -2.53. The monoisotopic (exact) mass is 396 g/mol. The van der Waals surface area contributed by atoms with Crippen LogP contribution in [0.25, 0.3) is 0 Å². The Balaban J connectivity index is 1.78. The molecule has 3 rings (SSSR count). The molecule has 0 spiro atoms. The Morgan fingerprint density at radius 3 is 2.26 bits per heavy atom. The number of aromatic nitrogens is 1. The van der Waals surface area contributed by atoms with Gasteiger partial charge in [0.15, 0.2) is 5.78 Å². The summed E-state index contributed by atoms with van der Waals surface area (Å²) in [5, 5.41) is 0. The minimum atomic E-state index is -3.47. The molecule has 2 aliphatic rings. The van der Waals surface area contributed by atoms with Gasteiger partial charge in [-0.05, 0) is 24.3 Å². The van der Waals surface area contributed by atoms with Gasteiger partial charge in [-0.2, -0.15) is 17.0 Å². The van der Waals surface area contributed by atoms with E-state index in [1.807, 2.05) is 6.92 Å². The average Bonchev–Trinajstić information content (AvgIpc) is 2.89. The third kappa shape index (κ3) is 3.55. The molecular weight excluding hydrogens is 368 g/mol. The van der Waals surface area contributed by atoms with Gasteiger partial charge >= 0.3 is 0 Å². The number of Topliss-reactive ketones (excluding diaryl/α,β-unsaturated/α-hetero) is 1. The summed E-state index contributed by atoms with van der Waals surface area (Å²) in [5.41, 5.74) is 2.54. The Bertz CT molecular complexity index is 877. The van der Waals surface area contributed by atoms with E-state index >= 15 is 0 Å². The predicted octanol–water partition coefficient (Wildman–Crippen LogP) is 1.04. The predicted molar refractivity (Wildman–Crippen MR) is 102 cm³/mol. The molecule has 1 saturated heterocycles. The first-order chi connectivity index (χ1) is 12.4. The number of H-pyrrole nitrogens is 1. The van der Waals surface area contributed by atoms with Crippen LogP contribution in [0.2, 0.25) is 0 Å². The molecule has 2 heterocycles. The summed E-state index contributed by atoms with van der Waals surface area (Å²) < 4.78 is 27.0. The van der Waals surface area contributed by atoms with Crippen LogP contribution in [0.3, 0.4) is 0 Å². The van der Waals surface area contributed by atoms with Crippen LogP contribution >= 0.6 is 0 Å². The number of piperazine rings is 1. The van der Waals surface area contributed by atoms with Crippen LogP contribution in [0.15, 0.2) is 0 Å². The summed E-state index contributed by atoms with van der Waals surface area (Å²) in [5.74, 6) is -0.0923. The number of carbonyl (C=O) groups excluding carboxylic acids is 2. The fraction of sp³-hybridized carbons (Fsp3) is 0.667. The Hall–Kier alpha value is -1.71. The molecule has 0 unspecified atom stereocenters. The van der Waals surface area contributed by atoms with Gasteiger partial charge in [0.05, 0.1) is 0 Å². The quantitative estimate of drug-likeness (QED) is 0.826. The highest BCUT2D eigenvalue weighted by atomic mass is 32.2. The lowest BCUT2D eigenvalue weighted by atomic mass is 9.75. The highest BCUT2D eigenvalue weighted by Crippen LogP contribution is 2.37. The van der Waals surface area contributed by atoms with Gasteiger partial charge in [0.2, 0.25) is 0 Å². The Labute approximate surface area is 160 Å². The van der Waals surface area contributed by atoms with E-state index in [-0.39, 0.29) is 30.2 Å². The van der Waals surface area contributed by atoms with Crippen molar-refractivity contribution in [1.29, 1.82) is 0 Å². The highest BCUT2D eigenvalue weighted by Gasteiger charge is 2.37. The molecule has 1 aliphatic heterocycles. The number of hydrogen-bond acceptors (Lipinski definition) is 4. The third-order valence-corrected chi connectivity index (χ3v) is 7.37. The SMILES string of the molecule is Cc1c(C(=O)N2CCN(S(=O)(=O)N(C)C)CC2)[nH]c2c1C(=O)CC(C)(C)C2. The van der Waals surface area contributed by atoms with E-state index in [1.54, 1.807) is 4.90 Å². The van der Waals surface area contributed by atoms with Crippen LogP contribution in [0.4, 0.5) is 0 Å². The summed E-state index contributed by atoms with van der Waals surface area (Å²) in [6.45, 7) is 7.09. The van der Waals surface area contributed by atoms with E-state index in [4.69, 9.17) is 0 Å². The van der Waals surface area contributed by atoms with Crippen LogP contribution in [-0.4, -0.2) is 78.9 Å². The van der Waals surface area contributed by atoms with Crippen molar-refractivity contribution >= 4 is 21.9 Å². The van der Waals surface area contributed by atoms with Gasteiger partial charge < -0.3 is 9.88 Å². The Morgan fingerprint density at radius 1 is 1.11 bits per heavy atom. The molecule has 8 nitrogen and oxygen atoms in total. The lowest BCUT2D eigenvalue weighted by molar-refractivity contribution is 0.0689. The molecule has 0 aromatic carbocycles. The molecule has 1 N–H and O–H groups in total. The largest absolute Gasteiger partial charge is 0.354 e. The van der Waals surface area contributed by atoms with Crippen LogP contribution in [-0.2, 0) is 16.6 Å². The van der Waals surface area contributed by atoms with Gasteiger partial charge in [0.25, 0.3) is 16.1 Å². The van der Waals surface area contributed by atoms with Gasteiger partial charge in [-0.25, -0.2) is 0 Å². The Morgan fingerprint density at radius 2 is 1.70 bits per heavy atom. The van der Waals surface area contributed by atoms with Crippen molar-refractivity contribution in [2.24, 2.45) is 5.41 Å². The van der Waals surface area contributed by atoms with Gasteiger partial charge in [0, 0.05) is 58.0 Å². The molecule has 9 heteroatoms. The molecule has 150 valence electrons. The maximum absolute atomic E-state index is 13.0. The number of ketones is 1. The molecule has 1 aliphatic carbocycles. The summed E-state index contributed by atoms with van der Waals surface area (Å²) >= 11 is 0. The second kappa shape index (κ2) is 6.72. The molecule has 1 aromatic rings. The van der Waals surface area contributed by atoms with Gasteiger partial charge in [-0.3, -0.25) is 9.59 Å². The zero-order valence-electron chi connectivity index (χ0n) is 16.6. The average molecular weight is 397 g/mol. The van der Waals surface area contributed by atoms with Gasteiger partial charge in [-0.15, -0.1) is 0 Å². The molecule has 27 heavy (non-hydrogen) atoms. The minimum absolute atomic E-state index is 0.0796. The summed E-state index contributed by atoms with van der Waals surface area (Å²) in [4.78, 5) is 30.4. The first kappa shape index (κ1) is 20.0. The fourth-order valence-electron chi connectivity index (χ4n) is 3.96. The maximum atomic E-state index is 13.0. The normalized spacial score (nSPS) is 20.8. The molecule has 1 fully saturated rings. The number of amides is 1. The van der Waals surface area contributed by atoms with Crippen molar-refractivity contribution in [2.75, 3.05) is 40.3 Å². The molecule has 0 saturated carbocycles. The van der Waals surface area contributed by atoms with Crippen molar-refractivity contribution < 1.29 is 18.0 Å². The number of nitrogens with zero attached hydrogens (tertiary/aromatic N) is 3. The number of fused-ring (bicyclic) bond motifs is 1. The van der Waals surface area contributed by atoms with Crippen LogP contribution in [0, 0.1) is 12.3 Å². The molecule has 0 bridgehead atoms. The number of aromatic amines is 1. The van der Waals surface area contributed by atoms with Crippen molar-refractivity contribution in [1.82, 2.24) is 18.5 Å². The minimum Gasteiger partial charge on any atom is -0.354 e. The fourth-order valence-corrected chi connectivity index (χ4v) is 5.04. The molecule has 1 amide bonds. The second-order valence-electron chi connectivity index (χ2n) is 8.40. The molecule has 1 aromatic heterocycles. The summed E-state index contributed by atoms with van der Waals surface area (Å²) in [6, 6.07) is 0. The number of carbonyl (C=O) groups is 2. The number of rotatable bonds is 3. The van der Waals surface area contributed by atoms with Gasteiger partial charge in [0.1, 0.15) is 5.69 Å². The van der Waals surface area contributed by atoms with Crippen molar-refractivity contribution in [3.05, 3.63) is 22.5 Å². The summed E-state index contributed by atoms with van der Waals surface area (Å²) in [7, 11) is -0.472. The van der Waals surface area contributed by atoms with E-state index in [9.17, 15) is 18.0 Å². The van der Waals surface area contributed by atoms with Crippen LogP contribution in [0.5, 0.6) is 0 Å². The summed E-state index contributed by atoms with van der Waals surface area (Å²) in [6.07, 6.45) is 1.21. The van der Waals surface area contributed by atoms with Crippen molar-refractivity contribution in [3.8, 4) is 0 Å². The number of nitrogens with one attached hydrogen (secondary N) is 1. The highest BCUT2D eigenvalue weighted by molar-refractivity contribution is 7.86. The molecule has 0 radical (unpaired) electrons. The zero-order chi connectivity index (χ0) is 20.1. The number of hydrogen-bond donors (Lipinski definition) is 1. The first-order valence-corrected chi connectivity index (χ1v) is 10.6. The first-order valence-electron chi connectivity index (χ1n) is 9.15. The maximum Gasteiger partial charge on any atom is 0.281 e. The van der Waals surface area contributed by atoms with Crippen molar-refractivity contribution in [3.63, 3.8) is 0 Å². The van der Waals surface area contributed by atoms with Gasteiger partial charge in [-0.1, -0.05) is 13.8 Å². The van der Waals surface area contributed by atoms with E-state index < -0.39 is 10.2 Å². The van der Waals surface area contributed by atoms with E-state index in [1.165, 1.54) is 22.7 Å². The van der Waals surface area contributed by atoms with Crippen LogP contribution < -0.4 is 0 Å². The molecule has 0 atom stereocenters. The standard InChI is InChI=1S/C18H28N4O4S/c1-12-15-13(10-18(2,3)11-14(15)23)19-16(12)17(24)21-6-8-22(9-7-21)27(25,26)20(4)5/h19H,6-11H2,1-5H3. The lowest BCUT2D eigenvalue weighted by Gasteiger charge is -2.35.